The van der Waals surface area contributed by atoms with Crippen molar-refractivity contribution in [1.29, 1.82) is 0 Å². The van der Waals surface area contributed by atoms with E-state index in [0.717, 1.165) is 15.6 Å². The normalized spacial score (nSPS) is 12.2. The minimum atomic E-state index is -0.691. The van der Waals surface area contributed by atoms with Crippen LogP contribution in [0, 0.1) is 6.92 Å². The molecular weight excluding hydrogens is 468 g/mol. The molecule has 2 aromatic rings. The van der Waals surface area contributed by atoms with Gasteiger partial charge in [0.1, 0.15) is 11.8 Å². The van der Waals surface area contributed by atoms with E-state index in [4.69, 9.17) is 16.3 Å². The molecule has 0 bridgehead atoms. The summed E-state index contributed by atoms with van der Waals surface area (Å²) in [5.41, 5.74) is 1.36. The summed E-state index contributed by atoms with van der Waals surface area (Å²) in [5, 5.41) is 3.47. The predicted molar refractivity (Wildman–Crippen MR) is 124 cm³/mol. The maximum absolute atomic E-state index is 13.1. The molecule has 0 aliphatic rings. The maximum atomic E-state index is 13.1. The molecule has 0 saturated heterocycles. The highest BCUT2D eigenvalue weighted by atomic mass is 79.9. The number of carbonyl (C=O) groups excluding carboxylic acids is 2. The van der Waals surface area contributed by atoms with Crippen LogP contribution in [0.1, 0.15) is 38.8 Å². The van der Waals surface area contributed by atoms with Gasteiger partial charge in [-0.3, -0.25) is 9.59 Å². The Kier molecular flexibility index (Phi) is 8.33. The number of halogens is 2. The van der Waals surface area contributed by atoms with Gasteiger partial charge in [-0.2, -0.15) is 0 Å². The lowest BCUT2D eigenvalue weighted by molar-refractivity contribution is -0.142. The van der Waals surface area contributed by atoms with Gasteiger partial charge in [0.15, 0.2) is 6.61 Å². The SMILES string of the molecule is Cc1cc(OCC(=O)N(Cc2ccccc2Cl)[C@@H](C)C(=O)NC(C)(C)C)ccc1Br. The smallest absolute Gasteiger partial charge is 0.261 e. The van der Waals surface area contributed by atoms with Gasteiger partial charge >= 0.3 is 0 Å². The fourth-order valence-electron chi connectivity index (χ4n) is 2.80. The Labute approximate surface area is 191 Å². The van der Waals surface area contributed by atoms with E-state index in [9.17, 15) is 9.59 Å². The van der Waals surface area contributed by atoms with Crippen molar-refractivity contribution in [1.82, 2.24) is 10.2 Å². The molecule has 162 valence electrons. The largest absolute Gasteiger partial charge is 0.484 e. The molecule has 0 saturated carbocycles. The van der Waals surface area contributed by atoms with Crippen LogP contribution in [0.4, 0.5) is 0 Å². The number of carbonyl (C=O) groups is 2. The first-order valence-electron chi connectivity index (χ1n) is 9.72. The molecule has 0 radical (unpaired) electrons. The van der Waals surface area contributed by atoms with Crippen molar-refractivity contribution in [2.24, 2.45) is 0 Å². The van der Waals surface area contributed by atoms with E-state index in [2.05, 4.69) is 21.2 Å². The topological polar surface area (TPSA) is 58.6 Å². The molecule has 1 atom stereocenters. The van der Waals surface area contributed by atoms with Gasteiger partial charge in [-0.05, 0) is 70.0 Å². The summed E-state index contributed by atoms with van der Waals surface area (Å²) in [6.45, 7) is 9.38. The molecule has 0 fully saturated rings. The number of aryl methyl sites for hydroxylation is 1. The minimum absolute atomic E-state index is 0.182. The van der Waals surface area contributed by atoms with Crippen LogP contribution in [-0.4, -0.2) is 34.9 Å². The Bertz CT molecular complexity index is 912. The van der Waals surface area contributed by atoms with Crippen molar-refractivity contribution in [2.45, 2.75) is 52.7 Å². The van der Waals surface area contributed by atoms with Crippen molar-refractivity contribution in [3.8, 4) is 5.75 Å². The van der Waals surface area contributed by atoms with Gasteiger partial charge < -0.3 is 15.0 Å². The van der Waals surface area contributed by atoms with Crippen LogP contribution in [0.2, 0.25) is 5.02 Å². The lowest BCUT2D eigenvalue weighted by atomic mass is 10.1. The number of hydrogen-bond donors (Lipinski definition) is 1. The van der Waals surface area contributed by atoms with Crippen LogP contribution < -0.4 is 10.1 Å². The number of rotatable bonds is 7. The van der Waals surface area contributed by atoms with Gasteiger partial charge in [0, 0.05) is 21.6 Å². The number of benzene rings is 2. The highest BCUT2D eigenvalue weighted by Crippen LogP contribution is 2.22. The third kappa shape index (κ3) is 7.03. The Balaban J connectivity index is 2.20. The van der Waals surface area contributed by atoms with Crippen LogP contribution in [0.5, 0.6) is 5.75 Å². The standard InChI is InChI=1S/C23H28BrClN2O3/c1-15-12-18(10-11-19(15)24)30-14-21(28)27(13-17-8-6-7-9-20(17)25)16(2)22(29)26-23(3,4)5/h6-12,16H,13-14H2,1-5H3,(H,26,29)/t16-/m0/s1. The Hall–Kier alpha value is -2.05. The average Bonchev–Trinajstić information content (AvgIpc) is 2.66. The Morgan fingerprint density at radius 2 is 1.87 bits per heavy atom. The molecule has 30 heavy (non-hydrogen) atoms. The third-order valence-electron chi connectivity index (χ3n) is 4.46. The molecule has 5 nitrogen and oxygen atoms in total. The molecule has 0 spiro atoms. The monoisotopic (exact) mass is 494 g/mol. The van der Waals surface area contributed by atoms with Crippen LogP contribution >= 0.6 is 27.5 Å². The number of nitrogens with zero attached hydrogens (tertiary/aromatic N) is 1. The first-order valence-corrected chi connectivity index (χ1v) is 10.9. The first kappa shape index (κ1) is 24.2. The Morgan fingerprint density at radius 3 is 2.47 bits per heavy atom. The van der Waals surface area contributed by atoms with Crippen LogP contribution in [0.25, 0.3) is 0 Å². The first-order chi connectivity index (χ1) is 14.0. The zero-order chi connectivity index (χ0) is 22.5. The van der Waals surface area contributed by atoms with E-state index < -0.39 is 11.6 Å². The van der Waals surface area contributed by atoms with Gasteiger partial charge in [-0.15, -0.1) is 0 Å². The minimum Gasteiger partial charge on any atom is -0.484 e. The summed E-state index contributed by atoms with van der Waals surface area (Å²) < 4.78 is 6.67. The number of hydrogen-bond acceptors (Lipinski definition) is 3. The Morgan fingerprint density at radius 1 is 1.20 bits per heavy atom. The molecule has 2 aromatic carbocycles. The molecular formula is C23H28BrClN2O3. The fraction of sp³-hybridized carbons (Fsp3) is 0.391. The van der Waals surface area contributed by atoms with Gasteiger partial charge in [0.2, 0.25) is 5.91 Å². The van der Waals surface area contributed by atoms with Crippen molar-refractivity contribution >= 4 is 39.3 Å². The second-order valence-corrected chi connectivity index (χ2v) is 9.49. The summed E-state index contributed by atoms with van der Waals surface area (Å²) in [4.78, 5) is 27.3. The van der Waals surface area contributed by atoms with E-state index in [0.29, 0.717) is 10.8 Å². The summed E-state index contributed by atoms with van der Waals surface area (Å²) in [5.74, 6) is 0.0583. The molecule has 1 N–H and O–H groups in total. The maximum Gasteiger partial charge on any atom is 0.261 e. The average molecular weight is 496 g/mol. The molecule has 7 heteroatoms. The predicted octanol–water partition coefficient (Wildman–Crippen LogP) is 5.12. The van der Waals surface area contributed by atoms with Gasteiger partial charge in [-0.25, -0.2) is 0 Å². The van der Waals surface area contributed by atoms with Crippen LogP contribution in [0.3, 0.4) is 0 Å². The highest BCUT2D eigenvalue weighted by Gasteiger charge is 2.29. The lowest BCUT2D eigenvalue weighted by Crippen LogP contribution is -2.53. The van der Waals surface area contributed by atoms with Crippen LogP contribution in [-0.2, 0) is 16.1 Å². The molecule has 0 unspecified atom stereocenters. The number of ether oxygens (including phenoxy) is 1. The van der Waals surface area contributed by atoms with E-state index in [1.165, 1.54) is 4.90 Å². The van der Waals surface area contributed by atoms with Crippen molar-refractivity contribution in [3.05, 3.63) is 63.1 Å². The third-order valence-corrected chi connectivity index (χ3v) is 5.71. The van der Waals surface area contributed by atoms with Crippen molar-refractivity contribution in [2.75, 3.05) is 6.61 Å². The highest BCUT2D eigenvalue weighted by molar-refractivity contribution is 9.10. The quantitative estimate of drug-likeness (QED) is 0.580. The second-order valence-electron chi connectivity index (χ2n) is 8.23. The molecule has 0 aliphatic carbocycles. The number of nitrogens with one attached hydrogen (secondary N) is 1. The van der Waals surface area contributed by atoms with Gasteiger partial charge in [0.25, 0.3) is 5.91 Å². The molecule has 0 aromatic heterocycles. The van der Waals surface area contributed by atoms with E-state index in [1.54, 1.807) is 19.1 Å². The zero-order valence-corrected chi connectivity index (χ0v) is 20.3. The van der Waals surface area contributed by atoms with Gasteiger partial charge in [-0.1, -0.05) is 45.7 Å². The second kappa shape index (κ2) is 10.3. The van der Waals surface area contributed by atoms with Crippen molar-refractivity contribution < 1.29 is 14.3 Å². The lowest BCUT2D eigenvalue weighted by Gasteiger charge is -2.31. The summed E-state index contributed by atoms with van der Waals surface area (Å²) in [7, 11) is 0. The fourth-order valence-corrected chi connectivity index (χ4v) is 3.24. The summed E-state index contributed by atoms with van der Waals surface area (Å²) >= 11 is 9.74. The van der Waals surface area contributed by atoms with E-state index in [1.807, 2.05) is 58.0 Å². The molecule has 2 rings (SSSR count). The summed E-state index contributed by atoms with van der Waals surface area (Å²) in [6, 6.07) is 12.1. The molecule has 0 aliphatic heterocycles. The van der Waals surface area contributed by atoms with Crippen LogP contribution in [0.15, 0.2) is 46.9 Å². The number of amides is 2. The molecule has 2 amide bonds. The zero-order valence-electron chi connectivity index (χ0n) is 18.0. The summed E-state index contributed by atoms with van der Waals surface area (Å²) in [6.07, 6.45) is 0. The van der Waals surface area contributed by atoms with Crippen molar-refractivity contribution in [3.63, 3.8) is 0 Å². The molecule has 0 heterocycles. The van der Waals surface area contributed by atoms with Gasteiger partial charge in [0.05, 0.1) is 0 Å². The van der Waals surface area contributed by atoms with E-state index in [-0.39, 0.29) is 25.0 Å². The van der Waals surface area contributed by atoms with E-state index >= 15 is 0 Å².